The summed E-state index contributed by atoms with van der Waals surface area (Å²) in [5, 5.41) is 3.25. The van der Waals surface area contributed by atoms with E-state index in [-0.39, 0.29) is 5.75 Å². The molecule has 5 heteroatoms. The number of hydrogen-bond acceptors (Lipinski definition) is 4. The molecule has 0 saturated carbocycles. The maximum atomic E-state index is 11.7. The van der Waals surface area contributed by atoms with E-state index in [1.165, 1.54) is 0 Å². The fraction of sp³-hybridized carbons (Fsp3) is 1.00. The van der Waals surface area contributed by atoms with Crippen LogP contribution in [-0.4, -0.2) is 43.0 Å². The van der Waals surface area contributed by atoms with Gasteiger partial charge in [-0.15, -0.1) is 0 Å². The minimum atomic E-state index is -2.95. The van der Waals surface area contributed by atoms with Gasteiger partial charge in [0.05, 0.1) is 10.5 Å². The van der Waals surface area contributed by atoms with Crippen LogP contribution in [0.2, 0.25) is 0 Å². The Balaban J connectivity index is 2.29. The van der Waals surface area contributed by atoms with Crippen molar-refractivity contribution in [3.8, 4) is 0 Å². The zero-order valence-electron chi connectivity index (χ0n) is 9.04. The molecule has 0 aromatic carbocycles. The largest absolute Gasteiger partial charge is 0.311 e. The third kappa shape index (κ3) is 3.14. The lowest BCUT2D eigenvalue weighted by Gasteiger charge is -2.27. The maximum absolute atomic E-state index is 11.7. The molecule has 1 fully saturated rings. The van der Waals surface area contributed by atoms with Crippen LogP contribution in [0.5, 0.6) is 0 Å². The van der Waals surface area contributed by atoms with Gasteiger partial charge in [-0.3, -0.25) is 0 Å². The third-order valence-electron chi connectivity index (χ3n) is 2.37. The monoisotopic (exact) mass is 237 g/mol. The molecule has 14 heavy (non-hydrogen) atoms. The van der Waals surface area contributed by atoms with E-state index < -0.39 is 14.6 Å². The SMILES string of the molecule is CC(C)(C)S(=O)(=O)CCNC1CSC1. The quantitative estimate of drug-likeness (QED) is 0.789. The Bertz CT molecular complexity index is 276. The minimum Gasteiger partial charge on any atom is -0.311 e. The van der Waals surface area contributed by atoms with Crippen LogP contribution in [-0.2, 0) is 9.84 Å². The Morgan fingerprint density at radius 2 is 1.93 bits per heavy atom. The van der Waals surface area contributed by atoms with E-state index >= 15 is 0 Å². The lowest BCUT2D eigenvalue weighted by Crippen LogP contribution is -2.44. The molecular weight excluding hydrogens is 218 g/mol. The highest BCUT2D eigenvalue weighted by Crippen LogP contribution is 2.18. The highest BCUT2D eigenvalue weighted by Gasteiger charge is 2.28. The van der Waals surface area contributed by atoms with Gasteiger partial charge in [0.1, 0.15) is 0 Å². The van der Waals surface area contributed by atoms with Crippen LogP contribution in [0.25, 0.3) is 0 Å². The maximum Gasteiger partial charge on any atom is 0.156 e. The molecule has 0 aliphatic carbocycles. The second-order valence-electron chi connectivity index (χ2n) is 4.62. The molecule has 1 N–H and O–H groups in total. The van der Waals surface area contributed by atoms with E-state index in [0.717, 1.165) is 11.5 Å². The molecular formula is C9H19NO2S2. The van der Waals surface area contributed by atoms with Gasteiger partial charge in [0, 0.05) is 24.1 Å². The van der Waals surface area contributed by atoms with Gasteiger partial charge < -0.3 is 5.32 Å². The van der Waals surface area contributed by atoms with Crippen molar-refractivity contribution >= 4 is 21.6 Å². The van der Waals surface area contributed by atoms with Crippen molar-refractivity contribution in [1.82, 2.24) is 5.32 Å². The number of hydrogen-bond donors (Lipinski definition) is 1. The van der Waals surface area contributed by atoms with Gasteiger partial charge in [-0.25, -0.2) is 8.42 Å². The molecule has 0 radical (unpaired) electrons. The predicted molar refractivity (Wildman–Crippen MR) is 62.7 cm³/mol. The molecule has 84 valence electrons. The zero-order valence-corrected chi connectivity index (χ0v) is 10.7. The molecule has 0 spiro atoms. The van der Waals surface area contributed by atoms with Crippen LogP contribution in [0.1, 0.15) is 20.8 Å². The second kappa shape index (κ2) is 4.41. The number of thioether (sulfide) groups is 1. The summed E-state index contributed by atoms with van der Waals surface area (Å²) < 4.78 is 22.8. The Hall–Kier alpha value is 0.260. The van der Waals surface area contributed by atoms with Crippen molar-refractivity contribution in [3.63, 3.8) is 0 Å². The van der Waals surface area contributed by atoms with E-state index in [2.05, 4.69) is 5.32 Å². The lowest BCUT2D eigenvalue weighted by molar-refractivity contribution is 0.548. The van der Waals surface area contributed by atoms with Crippen molar-refractivity contribution < 1.29 is 8.42 Å². The Morgan fingerprint density at radius 3 is 2.29 bits per heavy atom. The summed E-state index contributed by atoms with van der Waals surface area (Å²) in [7, 11) is -2.95. The molecule has 1 saturated heterocycles. The van der Waals surface area contributed by atoms with Crippen LogP contribution >= 0.6 is 11.8 Å². The van der Waals surface area contributed by atoms with E-state index in [9.17, 15) is 8.42 Å². The Labute approximate surface area is 91.0 Å². The fourth-order valence-corrected chi connectivity index (χ4v) is 2.76. The highest BCUT2D eigenvalue weighted by atomic mass is 32.2. The van der Waals surface area contributed by atoms with Gasteiger partial charge in [0.2, 0.25) is 0 Å². The Kier molecular flexibility index (Phi) is 3.88. The summed E-state index contributed by atoms with van der Waals surface area (Å²) in [6.07, 6.45) is 0. The first kappa shape index (κ1) is 12.3. The molecule has 0 amide bonds. The molecule has 0 atom stereocenters. The first-order valence-corrected chi connectivity index (χ1v) is 7.67. The van der Waals surface area contributed by atoms with E-state index in [4.69, 9.17) is 0 Å². The molecule has 0 aromatic rings. The van der Waals surface area contributed by atoms with Gasteiger partial charge in [0.25, 0.3) is 0 Å². The van der Waals surface area contributed by atoms with Crippen molar-refractivity contribution in [2.75, 3.05) is 23.8 Å². The Morgan fingerprint density at radius 1 is 1.36 bits per heavy atom. The predicted octanol–water partition coefficient (Wildman–Crippen LogP) is 0.905. The molecule has 1 aliphatic rings. The van der Waals surface area contributed by atoms with Crippen LogP contribution in [0, 0.1) is 0 Å². The third-order valence-corrected chi connectivity index (χ3v) is 6.26. The molecule has 3 nitrogen and oxygen atoms in total. The van der Waals surface area contributed by atoms with Crippen molar-refractivity contribution in [3.05, 3.63) is 0 Å². The first-order chi connectivity index (χ1) is 6.33. The molecule has 1 aliphatic heterocycles. The first-order valence-electron chi connectivity index (χ1n) is 4.86. The van der Waals surface area contributed by atoms with Gasteiger partial charge in [0.15, 0.2) is 9.84 Å². The molecule has 0 bridgehead atoms. The molecule has 0 unspecified atom stereocenters. The topological polar surface area (TPSA) is 46.2 Å². The summed E-state index contributed by atoms with van der Waals surface area (Å²) in [5.41, 5.74) is 0. The van der Waals surface area contributed by atoms with Crippen molar-refractivity contribution in [1.29, 1.82) is 0 Å². The van der Waals surface area contributed by atoms with E-state index in [1.54, 1.807) is 20.8 Å². The van der Waals surface area contributed by atoms with Gasteiger partial charge >= 0.3 is 0 Å². The summed E-state index contributed by atoms with van der Waals surface area (Å²) in [5.74, 6) is 2.49. The van der Waals surface area contributed by atoms with E-state index in [1.807, 2.05) is 11.8 Å². The van der Waals surface area contributed by atoms with Crippen LogP contribution < -0.4 is 5.32 Å². The average molecular weight is 237 g/mol. The summed E-state index contributed by atoms with van der Waals surface area (Å²) >= 11 is 1.90. The number of sulfone groups is 1. The summed E-state index contributed by atoms with van der Waals surface area (Å²) in [6.45, 7) is 5.84. The number of nitrogens with one attached hydrogen (secondary N) is 1. The highest BCUT2D eigenvalue weighted by molar-refractivity contribution is 8.00. The van der Waals surface area contributed by atoms with Crippen molar-refractivity contribution in [2.45, 2.75) is 31.6 Å². The van der Waals surface area contributed by atoms with Gasteiger partial charge in [-0.2, -0.15) is 11.8 Å². The van der Waals surface area contributed by atoms with Gasteiger partial charge in [-0.1, -0.05) is 0 Å². The second-order valence-corrected chi connectivity index (χ2v) is 8.56. The standard InChI is InChI=1S/C9H19NO2S2/c1-9(2,3)14(11,12)5-4-10-8-6-13-7-8/h8,10H,4-7H2,1-3H3. The van der Waals surface area contributed by atoms with Crippen LogP contribution in [0.3, 0.4) is 0 Å². The number of rotatable bonds is 4. The van der Waals surface area contributed by atoms with E-state index in [0.29, 0.717) is 12.6 Å². The summed E-state index contributed by atoms with van der Waals surface area (Å²) in [4.78, 5) is 0. The smallest absolute Gasteiger partial charge is 0.156 e. The zero-order chi connectivity index (χ0) is 10.8. The fourth-order valence-electron chi connectivity index (χ4n) is 1.06. The molecule has 1 rings (SSSR count). The molecule has 0 aromatic heterocycles. The van der Waals surface area contributed by atoms with Crippen LogP contribution in [0.4, 0.5) is 0 Å². The average Bonchev–Trinajstić information content (AvgIpc) is 1.92. The lowest BCUT2D eigenvalue weighted by atomic mass is 10.3. The molecule has 1 heterocycles. The van der Waals surface area contributed by atoms with Crippen molar-refractivity contribution in [2.24, 2.45) is 0 Å². The van der Waals surface area contributed by atoms with Crippen LogP contribution in [0.15, 0.2) is 0 Å². The normalized spacial score (nSPS) is 19.4. The van der Waals surface area contributed by atoms with Gasteiger partial charge in [-0.05, 0) is 20.8 Å². The summed E-state index contributed by atoms with van der Waals surface area (Å²) in [6, 6.07) is 0.537. The minimum absolute atomic E-state index is 0.248.